The summed E-state index contributed by atoms with van der Waals surface area (Å²) in [5, 5.41) is 3.50. The zero-order chi connectivity index (χ0) is 12.0. The lowest BCUT2D eigenvalue weighted by Gasteiger charge is -2.19. The van der Waals surface area contributed by atoms with Gasteiger partial charge in [-0.2, -0.15) is 0 Å². The van der Waals surface area contributed by atoms with Crippen molar-refractivity contribution in [2.45, 2.75) is 33.6 Å². The maximum absolute atomic E-state index is 3.52. The van der Waals surface area contributed by atoms with Crippen molar-refractivity contribution < 1.29 is 0 Å². The Morgan fingerprint density at radius 3 is 2.62 bits per heavy atom. The van der Waals surface area contributed by atoms with Gasteiger partial charge in [0, 0.05) is 4.88 Å². The molecule has 0 aliphatic heterocycles. The maximum Gasteiger partial charge on any atom is 0.0701 e. The van der Waals surface area contributed by atoms with E-state index in [0.717, 1.165) is 24.9 Å². The summed E-state index contributed by atoms with van der Waals surface area (Å²) < 4.78 is 1.24. The molecule has 0 aliphatic carbocycles. The number of rotatable bonds is 7. The van der Waals surface area contributed by atoms with Gasteiger partial charge in [-0.05, 0) is 65.8 Å². The van der Waals surface area contributed by atoms with Crippen LogP contribution in [0.15, 0.2) is 15.9 Å². The van der Waals surface area contributed by atoms with Crippen LogP contribution in [0.25, 0.3) is 0 Å². The van der Waals surface area contributed by atoms with Gasteiger partial charge in [0.05, 0.1) is 3.79 Å². The zero-order valence-corrected chi connectivity index (χ0v) is 12.8. The second-order valence-corrected chi connectivity index (χ2v) is 7.12. The van der Waals surface area contributed by atoms with Gasteiger partial charge < -0.3 is 5.32 Å². The van der Waals surface area contributed by atoms with Gasteiger partial charge in [0.1, 0.15) is 0 Å². The second kappa shape index (κ2) is 7.46. The first-order valence-corrected chi connectivity index (χ1v) is 7.69. The van der Waals surface area contributed by atoms with Crippen LogP contribution in [0.4, 0.5) is 0 Å². The normalized spacial score (nSPS) is 15.0. The Bertz CT molecular complexity index is 298. The summed E-state index contributed by atoms with van der Waals surface area (Å²) in [6.45, 7) is 9.19. The molecule has 1 N–H and O–H groups in total. The highest BCUT2D eigenvalue weighted by molar-refractivity contribution is 9.11. The molecule has 1 aromatic heterocycles. The fraction of sp³-hybridized carbons (Fsp3) is 0.692. The third-order valence-corrected chi connectivity index (χ3v) is 4.66. The van der Waals surface area contributed by atoms with Gasteiger partial charge in [-0.25, -0.2) is 0 Å². The number of nitrogens with one attached hydrogen (secondary N) is 1. The Balaban J connectivity index is 2.30. The second-order valence-electron chi connectivity index (χ2n) is 4.57. The number of thiophene rings is 1. The van der Waals surface area contributed by atoms with Crippen molar-refractivity contribution in [2.24, 2.45) is 11.8 Å². The molecule has 0 saturated carbocycles. The predicted molar refractivity (Wildman–Crippen MR) is 77.2 cm³/mol. The molecule has 0 radical (unpaired) electrons. The monoisotopic (exact) mass is 303 g/mol. The molecule has 0 saturated heterocycles. The SMILES string of the molecule is CCCNCC(C)C(C)Cc1ccc(Br)s1. The van der Waals surface area contributed by atoms with Crippen molar-refractivity contribution in [1.29, 1.82) is 0 Å². The molecule has 1 nitrogen and oxygen atoms in total. The third kappa shape index (κ3) is 4.98. The van der Waals surface area contributed by atoms with Crippen molar-refractivity contribution in [3.8, 4) is 0 Å². The van der Waals surface area contributed by atoms with E-state index in [2.05, 4.69) is 54.2 Å². The molecule has 1 aromatic rings. The van der Waals surface area contributed by atoms with Gasteiger partial charge in [0.2, 0.25) is 0 Å². The predicted octanol–water partition coefficient (Wildman–Crippen LogP) is 4.32. The summed E-state index contributed by atoms with van der Waals surface area (Å²) in [4.78, 5) is 1.49. The van der Waals surface area contributed by atoms with E-state index in [1.165, 1.54) is 21.5 Å². The van der Waals surface area contributed by atoms with Crippen LogP contribution in [-0.2, 0) is 6.42 Å². The number of halogens is 1. The highest BCUT2D eigenvalue weighted by Gasteiger charge is 2.13. The van der Waals surface area contributed by atoms with Crippen LogP contribution in [0.5, 0.6) is 0 Å². The van der Waals surface area contributed by atoms with E-state index < -0.39 is 0 Å². The summed E-state index contributed by atoms with van der Waals surface area (Å²) >= 11 is 5.37. The molecule has 3 heteroatoms. The third-order valence-electron chi connectivity index (χ3n) is 3.02. The molecule has 1 rings (SSSR count). The molecule has 2 unspecified atom stereocenters. The van der Waals surface area contributed by atoms with Crippen LogP contribution in [0, 0.1) is 11.8 Å². The van der Waals surface area contributed by atoms with Crippen LogP contribution in [-0.4, -0.2) is 13.1 Å². The minimum Gasteiger partial charge on any atom is -0.316 e. The van der Waals surface area contributed by atoms with Gasteiger partial charge in [0.25, 0.3) is 0 Å². The lowest BCUT2D eigenvalue weighted by Crippen LogP contribution is -2.26. The van der Waals surface area contributed by atoms with Gasteiger partial charge in [-0.1, -0.05) is 20.8 Å². The first-order valence-electron chi connectivity index (χ1n) is 6.08. The van der Waals surface area contributed by atoms with Crippen molar-refractivity contribution in [3.63, 3.8) is 0 Å². The van der Waals surface area contributed by atoms with Gasteiger partial charge in [0.15, 0.2) is 0 Å². The quantitative estimate of drug-likeness (QED) is 0.740. The largest absolute Gasteiger partial charge is 0.316 e. The number of hydrogen-bond acceptors (Lipinski definition) is 2. The average molecular weight is 304 g/mol. The minimum absolute atomic E-state index is 0.743. The molecule has 0 amide bonds. The summed E-state index contributed by atoms with van der Waals surface area (Å²) in [6, 6.07) is 4.38. The Labute approximate surface area is 112 Å². The van der Waals surface area contributed by atoms with E-state index in [1.54, 1.807) is 0 Å². The fourth-order valence-electron chi connectivity index (χ4n) is 1.69. The lowest BCUT2D eigenvalue weighted by atomic mass is 9.92. The van der Waals surface area contributed by atoms with Crippen molar-refractivity contribution >= 4 is 27.3 Å². The summed E-state index contributed by atoms with van der Waals surface area (Å²) in [5.41, 5.74) is 0. The highest BCUT2D eigenvalue weighted by Crippen LogP contribution is 2.26. The molecule has 0 fully saturated rings. The lowest BCUT2D eigenvalue weighted by molar-refractivity contribution is 0.367. The maximum atomic E-state index is 3.52. The van der Waals surface area contributed by atoms with Crippen molar-refractivity contribution in [1.82, 2.24) is 5.32 Å². The first kappa shape index (κ1) is 14.2. The van der Waals surface area contributed by atoms with E-state index in [4.69, 9.17) is 0 Å². The van der Waals surface area contributed by atoms with Gasteiger partial charge in [-0.15, -0.1) is 11.3 Å². The molecule has 16 heavy (non-hydrogen) atoms. The van der Waals surface area contributed by atoms with E-state index in [0.29, 0.717) is 0 Å². The highest BCUT2D eigenvalue weighted by atomic mass is 79.9. The van der Waals surface area contributed by atoms with E-state index in [9.17, 15) is 0 Å². The average Bonchev–Trinajstić information content (AvgIpc) is 2.64. The smallest absolute Gasteiger partial charge is 0.0701 e. The van der Waals surface area contributed by atoms with E-state index in [1.807, 2.05) is 11.3 Å². The topological polar surface area (TPSA) is 12.0 Å². The molecule has 0 aromatic carbocycles. The van der Waals surface area contributed by atoms with Gasteiger partial charge in [-0.3, -0.25) is 0 Å². The summed E-state index contributed by atoms with van der Waals surface area (Å²) in [5.74, 6) is 1.49. The molecule has 1 heterocycles. The minimum atomic E-state index is 0.743. The molecule has 0 spiro atoms. The summed E-state index contributed by atoms with van der Waals surface area (Å²) in [7, 11) is 0. The number of hydrogen-bond donors (Lipinski definition) is 1. The molecule has 0 bridgehead atoms. The Hall–Kier alpha value is 0.140. The molecular weight excluding hydrogens is 282 g/mol. The molecule has 2 atom stereocenters. The molecular formula is C13H22BrNS. The standard InChI is InChI=1S/C13H22BrNS/c1-4-7-15-9-11(3)10(2)8-12-5-6-13(14)16-12/h5-6,10-11,15H,4,7-9H2,1-3H3. The van der Waals surface area contributed by atoms with E-state index >= 15 is 0 Å². The van der Waals surface area contributed by atoms with Crippen molar-refractivity contribution in [3.05, 3.63) is 20.8 Å². The van der Waals surface area contributed by atoms with Crippen molar-refractivity contribution in [2.75, 3.05) is 13.1 Å². The van der Waals surface area contributed by atoms with Crippen LogP contribution < -0.4 is 5.32 Å². The van der Waals surface area contributed by atoms with Crippen LogP contribution in [0.2, 0.25) is 0 Å². The molecule has 0 aliphatic rings. The van der Waals surface area contributed by atoms with E-state index in [-0.39, 0.29) is 0 Å². The first-order chi connectivity index (χ1) is 7.63. The Kier molecular flexibility index (Phi) is 6.62. The zero-order valence-electron chi connectivity index (χ0n) is 10.4. The fourth-order valence-corrected chi connectivity index (χ4v) is 3.31. The van der Waals surface area contributed by atoms with Crippen LogP contribution in [0.3, 0.4) is 0 Å². The Morgan fingerprint density at radius 1 is 1.31 bits per heavy atom. The summed E-state index contributed by atoms with van der Waals surface area (Å²) in [6.07, 6.45) is 2.42. The Morgan fingerprint density at radius 2 is 2.06 bits per heavy atom. The molecule has 92 valence electrons. The van der Waals surface area contributed by atoms with Crippen LogP contribution >= 0.6 is 27.3 Å². The van der Waals surface area contributed by atoms with Crippen LogP contribution in [0.1, 0.15) is 32.1 Å². The van der Waals surface area contributed by atoms with Gasteiger partial charge >= 0.3 is 0 Å².